The van der Waals surface area contributed by atoms with Gasteiger partial charge in [-0.15, -0.1) is 0 Å². The van der Waals surface area contributed by atoms with E-state index in [1.807, 2.05) is 25.1 Å². The van der Waals surface area contributed by atoms with E-state index in [1.165, 1.54) is 12.1 Å². The van der Waals surface area contributed by atoms with Crippen molar-refractivity contribution in [1.82, 2.24) is 15.3 Å². The van der Waals surface area contributed by atoms with Gasteiger partial charge < -0.3 is 26.2 Å². The van der Waals surface area contributed by atoms with Gasteiger partial charge in [0.15, 0.2) is 5.11 Å². The Morgan fingerprint density at radius 3 is 2.61 bits per heavy atom. The summed E-state index contributed by atoms with van der Waals surface area (Å²) in [6, 6.07) is 5.41. The summed E-state index contributed by atoms with van der Waals surface area (Å²) in [7, 11) is 3.72. The summed E-state index contributed by atoms with van der Waals surface area (Å²) in [6.45, 7) is 1.85. The molecule has 0 radical (unpaired) electrons. The number of nitrogens with one attached hydrogen (secondary N) is 4. The van der Waals surface area contributed by atoms with E-state index in [-0.39, 0.29) is 17.1 Å². The first-order chi connectivity index (χ1) is 14.6. The molecule has 0 amide bonds. The molecule has 3 rings (SSSR count). The van der Waals surface area contributed by atoms with Crippen molar-refractivity contribution in [3.05, 3.63) is 34.9 Å². The van der Waals surface area contributed by atoms with Crippen LogP contribution in [0.4, 0.5) is 36.4 Å². The number of hydrogen-bond donors (Lipinski definition) is 4. The van der Waals surface area contributed by atoms with Gasteiger partial charge in [0, 0.05) is 38.4 Å². The lowest BCUT2D eigenvalue weighted by Gasteiger charge is -2.25. The molecule has 1 atom stereocenters. The molecule has 168 valence electrons. The van der Waals surface area contributed by atoms with E-state index in [2.05, 4.69) is 31.2 Å². The molecule has 0 aliphatic carbocycles. The van der Waals surface area contributed by atoms with Crippen LogP contribution in [-0.2, 0) is 6.18 Å². The highest BCUT2D eigenvalue weighted by Crippen LogP contribution is 2.35. The molecule has 31 heavy (non-hydrogen) atoms. The van der Waals surface area contributed by atoms with Crippen LogP contribution in [0.25, 0.3) is 0 Å². The van der Waals surface area contributed by atoms with Crippen LogP contribution in [0.2, 0.25) is 5.02 Å². The molecule has 4 N–H and O–H groups in total. The van der Waals surface area contributed by atoms with E-state index in [1.54, 1.807) is 0 Å². The Balaban J connectivity index is 1.71. The third-order valence-electron chi connectivity index (χ3n) is 4.58. The van der Waals surface area contributed by atoms with Gasteiger partial charge in [-0.25, -0.2) is 0 Å². The second-order valence-corrected chi connectivity index (χ2v) is 8.10. The average molecular weight is 474 g/mol. The summed E-state index contributed by atoms with van der Waals surface area (Å²) in [5.74, 6) is 1.58. The summed E-state index contributed by atoms with van der Waals surface area (Å²) in [5, 5.41) is 12.1. The molecule has 2 heterocycles. The molecular weight excluding hydrogens is 451 g/mol. The second-order valence-electron chi connectivity index (χ2n) is 7.29. The molecule has 0 bridgehead atoms. The fourth-order valence-electron chi connectivity index (χ4n) is 3.06. The zero-order chi connectivity index (χ0) is 22.6. The SMILES string of the molecule is CN(C)c1cc(NC2CCCNC2)nc(NC(=S)Nc2ccc(C(F)(F)F)c(Cl)c2)n1. The molecule has 1 saturated heterocycles. The maximum absolute atomic E-state index is 12.9. The van der Waals surface area contributed by atoms with Crippen LogP contribution in [-0.4, -0.2) is 48.3 Å². The predicted octanol–water partition coefficient (Wildman–Crippen LogP) is 4.19. The van der Waals surface area contributed by atoms with Crippen LogP contribution in [0.3, 0.4) is 0 Å². The van der Waals surface area contributed by atoms with E-state index in [9.17, 15) is 13.2 Å². The van der Waals surface area contributed by atoms with Crippen molar-refractivity contribution in [3.8, 4) is 0 Å². The molecular formula is C19H23ClF3N7S. The smallest absolute Gasteiger partial charge is 0.366 e. The van der Waals surface area contributed by atoms with Gasteiger partial charge in [-0.2, -0.15) is 23.1 Å². The topological polar surface area (TPSA) is 77.1 Å². The van der Waals surface area contributed by atoms with Gasteiger partial charge in [-0.3, -0.25) is 0 Å². The van der Waals surface area contributed by atoms with E-state index in [0.29, 0.717) is 17.3 Å². The quantitative estimate of drug-likeness (QED) is 0.482. The predicted molar refractivity (Wildman–Crippen MR) is 122 cm³/mol. The number of halogens is 4. The van der Waals surface area contributed by atoms with E-state index < -0.39 is 16.8 Å². The monoisotopic (exact) mass is 473 g/mol. The molecule has 1 aliphatic rings. The number of nitrogens with zero attached hydrogens (tertiary/aromatic N) is 3. The maximum Gasteiger partial charge on any atom is 0.417 e. The highest BCUT2D eigenvalue weighted by Gasteiger charge is 2.33. The number of alkyl halides is 3. The standard InChI is InChI=1S/C19H23ClF3N7S/c1-30(2)16-9-15(25-12-4-3-7-24-10-12)27-17(28-16)29-18(31)26-11-5-6-13(14(20)8-11)19(21,22)23/h5-6,8-9,12,24H,3-4,7,10H2,1-2H3,(H3,25,26,27,28,29,31). The minimum Gasteiger partial charge on any atom is -0.366 e. The van der Waals surface area contributed by atoms with Crippen LogP contribution in [0.5, 0.6) is 0 Å². The summed E-state index contributed by atoms with van der Waals surface area (Å²) >= 11 is 11.0. The number of rotatable bonds is 5. The highest BCUT2D eigenvalue weighted by molar-refractivity contribution is 7.80. The Morgan fingerprint density at radius 1 is 1.23 bits per heavy atom. The zero-order valence-electron chi connectivity index (χ0n) is 17.0. The van der Waals surface area contributed by atoms with Crippen LogP contribution in [0.1, 0.15) is 18.4 Å². The lowest BCUT2D eigenvalue weighted by atomic mass is 10.1. The first kappa shape index (κ1) is 23.3. The first-order valence-electron chi connectivity index (χ1n) is 9.60. The Morgan fingerprint density at radius 2 is 2.00 bits per heavy atom. The average Bonchev–Trinajstić information content (AvgIpc) is 2.67. The lowest BCUT2D eigenvalue weighted by Crippen LogP contribution is -2.38. The number of piperidine rings is 1. The van der Waals surface area contributed by atoms with Gasteiger partial charge in [-0.05, 0) is 49.8 Å². The minimum atomic E-state index is -4.52. The minimum absolute atomic E-state index is 0.122. The maximum atomic E-state index is 12.9. The van der Waals surface area contributed by atoms with Crippen molar-refractivity contribution < 1.29 is 13.2 Å². The largest absolute Gasteiger partial charge is 0.417 e. The van der Waals surface area contributed by atoms with Gasteiger partial charge in [0.05, 0.1) is 10.6 Å². The Hall–Kier alpha value is -2.37. The van der Waals surface area contributed by atoms with Gasteiger partial charge in [-0.1, -0.05) is 11.6 Å². The van der Waals surface area contributed by atoms with Crippen LogP contribution < -0.4 is 26.2 Å². The number of hydrogen-bond acceptors (Lipinski definition) is 6. The van der Waals surface area contributed by atoms with E-state index in [4.69, 9.17) is 23.8 Å². The molecule has 0 spiro atoms. The third-order valence-corrected chi connectivity index (χ3v) is 5.09. The molecule has 12 heteroatoms. The molecule has 2 aromatic rings. The van der Waals surface area contributed by atoms with Gasteiger partial charge in [0.25, 0.3) is 0 Å². The van der Waals surface area contributed by atoms with E-state index in [0.717, 1.165) is 32.0 Å². The fraction of sp³-hybridized carbons (Fsp3) is 0.421. The van der Waals surface area contributed by atoms with Crippen molar-refractivity contribution in [2.24, 2.45) is 0 Å². The highest BCUT2D eigenvalue weighted by atomic mass is 35.5. The van der Waals surface area contributed by atoms with Crippen LogP contribution >= 0.6 is 23.8 Å². The second kappa shape index (κ2) is 9.84. The summed E-state index contributed by atoms with van der Waals surface area (Å²) < 4.78 is 38.6. The number of thiocarbonyl (C=S) groups is 1. The lowest BCUT2D eigenvalue weighted by molar-refractivity contribution is -0.137. The number of aromatic nitrogens is 2. The van der Waals surface area contributed by atoms with Crippen molar-refractivity contribution in [3.63, 3.8) is 0 Å². The van der Waals surface area contributed by atoms with Gasteiger partial charge in [0.1, 0.15) is 11.6 Å². The van der Waals surface area contributed by atoms with Crippen molar-refractivity contribution in [2.75, 3.05) is 48.0 Å². The fourth-order valence-corrected chi connectivity index (χ4v) is 3.56. The van der Waals surface area contributed by atoms with Crippen LogP contribution in [0, 0.1) is 0 Å². The molecule has 1 unspecified atom stereocenters. The molecule has 0 saturated carbocycles. The molecule has 7 nitrogen and oxygen atoms in total. The van der Waals surface area contributed by atoms with E-state index >= 15 is 0 Å². The summed E-state index contributed by atoms with van der Waals surface area (Å²) in [6.07, 6.45) is -2.41. The molecule has 1 fully saturated rings. The van der Waals surface area contributed by atoms with Gasteiger partial charge in [0.2, 0.25) is 5.95 Å². The van der Waals surface area contributed by atoms with Crippen molar-refractivity contribution >= 4 is 52.2 Å². The molecule has 1 aliphatic heterocycles. The zero-order valence-corrected chi connectivity index (χ0v) is 18.5. The number of anilines is 4. The summed E-state index contributed by atoms with van der Waals surface area (Å²) in [5.41, 5.74) is -0.598. The van der Waals surface area contributed by atoms with Crippen LogP contribution in [0.15, 0.2) is 24.3 Å². The molecule has 1 aromatic carbocycles. The Bertz CT molecular complexity index is 933. The Labute approximate surface area is 188 Å². The van der Waals surface area contributed by atoms with Crippen molar-refractivity contribution in [2.45, 2.75) is 25.1 Å². The van der Waals surface area contributed by atoms with Gasteiger partial charge >= 0.3 is 6.18 Å². The molecule has 1 aromatic heterocycles. The normalized spacial score (nSPS) is 16.5. The van der Waals surface area contributed by atoms with Crippen molar-refractivity contribution in [1.29, 1.82) is 0 Å². The Kier molecular flexibility index (Phi) is 7.39. The first-order valence-corrected chi connectivity index (χ1v) is 10.4. The number of benzene rings is 1. The summed E-state index contributed by atoms with van der Waals surface area (Å²) in [4.78, 5) is 10.7. The third kappa shape index (κ3) is 6.55.